The second kappa shape index (κ2) is 7.33. The molecular weight excluding hydrogens is 271 g/mol. The Morgan fingerprint density at radius 1 is 0.524 bits per heavy atom. The molecule has 0 heterocycles. The molecular formula is C20H39P. The molecule has 3 saturated carbocycles. The predicted molar refractivity (Wildman–Crippen MR) is 99.4 cm³/mol. The third kappa shape index (κ3) is 3.52. The SMILES string of the molecule is CC1CCC([PH](C)(C2CCCCC2)C2CCCCC2)CC1. The van der Waals surface area contributed by atoms with Crippen molar-refractivity contribution < 1.29 is 0 Å². The van der Waals surface area contributed by atoms with Crippen LogP contribution in [0.15, 0.2) is 0 Å². The number of rotatable bonds is 3. The quantitative estimate of drug-likeness (QED) is 0.514. The van der Waals surface area contributed by atoms with Crippen LogP contribution in [0.2, 0.25) is 0 Å². The molecule has 0 unspecified atom stereocenters. The van der Waals surface area contributed by atoms with Crippen LogP contribution >= 0.6 is 7.26 Å². The normalized spacial score (nSPS) is 34.8. The van der Waals surface area contributed by atoms with E-state index in [0.29, 0.717) is 0 Å². The van der Waals surface area contributed by atoms with Crippen LogP contribution in [0.5, 0.6) is 0 Å². The molecule has 0 aromatic rings. The summed E-state index contributed by atoms with van der Waals surface area (Å²) >= 11 is 0. The zero-order chi connectivity index (χ0) is 14.7. The maximum atomic E-state index is 2.90. The molecule has 0 aliphatic heterocycles. The molecule has 3 rings (SSSR count). The van der Waals surface area contributed by atoms with E-state index in [-0.39, 0.29) is 0 Å². The Morgan fingerprint density at radius 3 is 1.33 bits per heavy atom. The van der Waals surface area contributed by atoms with Gasteiger partial charge in [-0.15, -0.1) is 0 Å². The molecule has 0 N–H and O–H groups in total. The van der Waals surface area contributed by atoms with Gasteiger partial charge in [0.1, 0.15) is 0 Å². The van der Waals surface area contributed by atoms with E-state index < -0.39 is 7.26 Å². The first-order valence-electron chi connectivity index (χ1n) is 10.2. The minimum absolute atomic E-state index is 1.03. The molecule has 0 aromatic carbocycles. The fourth-order valence-corrected chi connectivity index (χ4v) is 13.2. The predicted octanol–water partition coefficient (Wildman–Crippen LogP) is 6.61. The standard InChI is InChI=1S/C20H39P/c1-17-13-15-20(16-14-17)21(2,18-9-5-3-6-10-18)19-11-7-4-8-12-19/h17-21H,3-16H2,1-2H3. The van der Waals surface area contributed by atoms with Crippen LogP contribution in [-0.4, -0.2) is 23.6 Å². The average molecular weight is 311 g/mol. The van der Waals surface area contributed by atoms with Crippen LogP contribution in [0.4, 0.5) is 0 Å². The topological polar surface area (TPSA) is 0 Å². The van der Waals surface area contributed by atoms with Crippen molar-refractivity contribution in [1.82, 2.24) is 0 Å². The molecule has 0 amide bonds. The molecule has 3 aliphatic carbocycles. The number of hydrogen-bond donors (Lipinski definition) is 0. The third-order valence-corrected chi connectivity index (χ3v) is 14.9. The van der Waals surface area contributed by atoms with Crippen LogP contribution in [0.3, 0.4) is 0 Å². The number of hydrogen-bond acceptors (Lipinski definition) is 0. The summed E-state index contributed by atoms with van der Waals surface area (Å²) in [5.41, 5.74) is 3.60. The molecule has 0 spiro atoms. The van der Waals surface area contributed by atoms with Gasteiger partial charge >= 0.3 is 134 Å². The van der Waals surface area contributed by atoms with Gasteiger partial charge in [-0.2, -0.15) is 0 Å². The van der Waals surface area contributed by atoms with E-state index in [1.807, 2.05) is 0 Å². The van der Waals surface area contributed by atoms with Gasteiger partial charge in [-0.05, 0) is 0 Å². The van der Waals surface area contributed by atoms with Crippen molar-refractivity contribution >= 4 is 7.26 Å². The van der Waals surface area contributed by atoms with Crippen molar-refractivity contribution in [3.63, 3.8) is 0 Å². The summed E-state index contributed by atoms with van der Waals surface area (Å²) in [6, 6.07) is 0. The molecule has 0 aromatic heterocycles. The van der Waals surface area contributed by atoms with Crippen LogP contribution in [-0.2, 0) is 0 Å². The molecule has 0 nitrogen and oxygen atoms in total. The van der Waals surface area contributed by atoms with Crippen molar-refractivity contribution in [2.45, 2.75) is 114 Å². The summed E-state index contributed by atoms with van der Waals surface area (Å²) in [6.07, 6.45) is 22.1. The second-order valence-corrected chi connectivity index (χ2v) is 14.2. The minimum atomic E-state index is -1.08. The first kappa shape index (κ1) is 16.3. The molecule has 0 bridgehead atoms. The Kier molecular flexibility index (Phi) is 5.69. The Bertz CT molecular complexity index is 286. The summed E-state index contributed by atoms with van der Waals surface area (Å²) in [5, 5.41) is 0. The molecule has 3 aliphatic rings. The van der Waals surface area contributed by atoms with Gasteiger partial charge in [0, 0.05) is 0 Å². The van der Waals surface area contributed by atoms with Gasteiger partial charge in [-0.25, -0.2) is 0 Å². The van der Waals surface area contributed by atoms with Crippen LogP contribution < -0.4 is 0 Å². The van der Waals surface area contributed by atoms with Crippen molar-refractivity contribution in [1.29, 1.82) is 0 Å². The molecule has 0 radical (unpaired) electrons. The zero-order valence-corrected chi connectivity index (χ0v) is 15.7. The van der Waals surface area contributed by atoms with E-state index in [9.17, 15) is 0 Å². The summed E-state index contributed by atoms with van der Waals surface area (Å²) < 4.78 is 0. The molecule has 1 heteroatoms. The first-order valence-corrected chi connectivity index (χ1v) is 12.9. The fourth-order valence-electron chi connectivity index (χ4n) is 6.33. The van der Waals surface area contributed by atoms with Crippen molar-refractivity contribution in [2.75, 3.05) is 6.66 Å². The fraction of sp³-hybridized carbons (Fsp3) is 1.00. The summed E-state index contributed by atoms with van der Waals surface area (Å²) in [6.45, 7) is 5.40. The molecule has 124 valence electrons. The Morgan fingerprint density at radius 2 is 0.905 bits per heavy atom. The third-order valence-electron chi connectivity index (χ3n) is 7.87. The molecule has 0 atom stereocenters. The Labute approximate surface area is 134 Å². The maximum absolute atomic E-state index is 2.90. The van der Waals surface area contributed by atoms with Crippen LogP contribution in [0, 0.1) is 5.92 Å². The van der Waals surface area contributed by atoms with Gasteiger partial charge in [0.25, 0.3) is 0 Å². The van der Waals surface area contributed by atoms with E-state index >= 15 is 0 Å². The van der Waals surface area contributed by atoms with Gasteiger partial charge in [0.2, 0.25) is 0 Å². The van der Waals surface area contributed by atoms with Gasteiger partial charge in [-0.1, -0.05) is 0 Å². The molecule has 3 fully saturated rings. The molecule has 0 saturated heterocycles. The van der Waals surface area contributed by atoms with Gasteiger partial charge < -0.3 is 0 Å². The van der Waals surface area contributed by atoms with Crippen LogP contribution in [0.25, 0.3) is 0 Å². The van der Waals surface area contributed by atoms with E-state index in [1.165, 1.54) is 29.8 Å². The van der Waals surface area contributed by atoms with Crippen molar-refractivity contribution in [2.24, 2.45) is 5.92 Å². The van der Waals surface area contributed by atoms with E-state index in [0.717, 1.165) is 5.92 Å². The summed E-state index contributed by atoms with van der Waals surface area (Å²) in [7, 11) is -1.08. The van der Waals surface area contributed by atoms with Crippen molar-refractivity contribution in [3.05, 3.63) is 0 Å². The average Bonchev–Trinajstić information content (AvgIpc) is 2.56. The monoisotopic (exact) mass is 310 g/mol. The summed E-state index contributed by atoms with van der Waals surface area (Å²) in [4.78, 5) is 0. The van der Waals surface area contributed by atoms with E-state index in [1.54, 1.807) is 77.0 Å². The van der Waals surface area contributed by atoms with Crippen molar-refractivity contribution in [3.8, 4) is 0 Å². The first-order chi connectivity index (χ1) is 10.2. The second-order valence-electron chi connectivity index (χ2n) is 8.99. The zero-order valence-electron chi connectivity index (χ0n) is 14.7. The van der Waals surface area contributed by atoms with Crippen LogP contribution in [0.1, 0.15) is 96.8 Å². The molecule has 21 heavy (non-hydrogen) atoms. The van der Waals surface area contributed by atoms with Gasteiger partial charge in [-0.3, -0.25) is 0 Å². The van der Waals surface area contributed by atoms with E-state index in [4.69, 9.17) is 0 Å². The Hall–Kier alpha value is 0.430. The van der Waals surface area contributed by atoms with Gasteiger partial charge in [0.05, 0.1) is 0 Å². The van der Waals surface area contributed by atoms with E-state index in [2.05, 4.69) is 13.6 Å². The van der Waals surface area contributed by atoms with Gasteiger partial charge in [0.15, 0.2) is 0 Å². The summed E-state index contributed by atoms with van der Waals surface area (Å²) in [5.74, 6) is 1.03. The Balaban J connectivity index is 1.78.